The van der Waals surface area contributed by atoms with Gasteiger partial charge in [0.1, 0.15) is 17.8 Å². The van der Waals surface area contributed by atoms with E-state index in [9.17, 15) is 0 Å². The Bertz CT molecular complexity index is 824. The molecular weight excluding hydrogens is 312 g/mol. The van der Waals surface area contributed by atoms with Crippen LogP contribution in [0.3, 0.4) is 0 Å². The van der Waals surface area contributed by atoms with Crippen molar-refractivity contribution in [1.29, 1.82) is 0 Å². The van der Waals surface area contributed by atoms with Gasteiger partial charge in [-0.25, -0.2) is 4.98 Å². The predicted octanol–water partition coefficient (Wildman–Crippen LogP) is 4.56. The summed E-state index contributed by atoms with van der Waals surface area (Å²) in [4.78, 5) is 8.27. The summed E-state index contributed by atoms with van der Waals surface area (Å²) < 4.78 is 5.70. The van der Waals surface area contributed by atoms with Crippen LogP contribution in [0.1, 0.15) is 5.56 Å². The number of aromatic nitrogens is 2. The van der Waals surface area contributed by atoms with Crippen LogP contribution >= 0.6 is 11.6 Å². The maximum atomic E-state index is 6.12. The van der Waals surface area contributed by atoms with Gasteiger partial charge in [0.05, 0.1) is 0 Å². The van der Waals surface area contributed by atoms with Crippen LogP contribution in [0.25, 0.3) is 0 Å². The highest BCUT2D eigenvalue weighted by Gasteiger charge is 2.11. The molecule has 0 fully saturated rings. The lowest BCUT2D eigenvalue weighted by Crippen LogP contribution is -2.03. The van der Waals surface area contributed by atoms with Crippen molar-refractivity contribution >= 4 is 28.8 Å². The lowest BCUT2D eigenvalue weighted by molar-refractivity contribution is 0.464. The molecule has 0 aliphatic rings. The van der Waals surface area contributed by atoms with Crippen molar-refractivity contribution in [1.82, 2.24) is 9.97 Å². The van der Waals surface area contributed by atoms with Crippen LogP contribution in [0.4, 0.5) is 17.2 Å². The van der Waals surface area contributed by atoms with Crippen molar-refractivity contribution < 1.29 is 4.74 Å². The van der Waals surface area contributed by atoms with Crippen molar-refractivity contribution in [3.63, 3.8) is 0 Å². The molecule has 116 valence electrons. The van der Waals surface area contributed by atoms with Gasteiger partial charge in [0.15, 0.2) is 5.82 Å². The molecule has 2 aromatic carbocycles. The van der Waals surface area contributed by atoms with Crippen molar-refractivity contribution in [2.75, 3.05) is 11.1 Å². The van der Waals surface area contributed by atoms with Gasteiger partial charge in [-0.1, -0.05) is 35.9 Å². The van der Waals surface area contributed by atoms with Gasteiger partial charge >= 0.3 is 0 Å². The number of nitrogen functional groups attached to an aromatic ring is 1. The summed E-state index contributed by atoms with van der Waals surface area (Å²) in [6.45, 7) is 1.97. The number of halogens is 1. The highest BCUT2D eigenvalue weighted by atomic mass is 35.5. The summed E-state index contributed by atoms with van der Waals surface area (Å²) in [5, 5.41) is 3.80. The average molecular weight is 327 g/mol. The maximum Gasteiger partial charge on any atom is 0.248 e. The quantitative estimate of drug-likeness (QED) is 0.735. The van der Waals surface area contributed by atoms with Gasteiger partial charge in [0.25, 0.3) is 0 Å². The van der Waals surface area contributed by atoms with E-state index < -0.39 is 0 Å². The largest absolute Gasteiger partial charge is 0.437 e. The number of ether oxygens (including phenoxy) is 1. The summed E-state index contributed by atoms with van der Waals surface area (Å²) >= 11 is 6.03. The smallest absolute Gasteiger partial charge is 0.248 e. The van der Waals surface area contributed by atoms with Crippen molar-refractivity contribution in [3.05, 3.63) is 65.4 Å². The second-order valence-corrected chi connectivity index (χ2v) is 5.38. The predicted molar refractivity (Wildman–Crippen MR) is 92.4 cm³/mol. The van der Waals surface area contributed by atoms with E-state index in [1.165, 1.54) is 6.33 Å². The number of nitrogens with two attached hydrogens (primary N) is 1. The summed E-state index contributed by atoms with van der Waals surface area (Å²) in [6.07, 6.45) is 1.40. The molecule has 6 heteroatoms. The molecule has 0 amide bonds. The fourth-order valence-corrected chi connectivity index (χ4v) is 2.19. The SMILES string of the molecule is Cc1ccc(Cl)cc1Nc1ncnc(Oc2ccccc2)c1N. The fourth-order valence-electron chi connectivity index (χ4n) is 2.02. The zero-order valence-corrected chi connectivity index (χ0v) is 13.2. The highest BCUT2D eigenvalue weighted by Crippen LogP contribution is 2.32. The summed E-state index contributed by atoms with van der Waals surface area (Å²) in [5.41, 5.74) is 8.30. The molecule has 3 rings (SSSR count). The van der Waals surface area contributed by atoms with Gasteiger partial charge in [-0.15, -0.1) is 0 Å². The Morgan fingerprint density at radius 2 is 1.87 bits per heavy atom. The molecule has 5 nitrogen and oxygen atoms in total. The first-order chi connectivity index (χ1) is 11.1. The molecule has 0 aliphatic carbocycles. The van der Waals surface area contributed by atoms with Crippen molar-refractivity contribution in [2.24, 2.45) is 0 Å². The Hall–Kier alpha value is -2.79. The topological polar surface area (TPSA) is 73.1 Å². The zero-order valence-electron chi connectivity index (χ0n) is 12.5. The van der Waals surface area contributed by atoms with E-state index in [4.69, 9.17) is 22.1 Å². The number of para-hydroxylation sites is 1. The average Bonchev–Trinajstić information content (AvgIpc) is 2.55. The van der Waals surface area contributed by atoms with E-state index in [-0.39, 0.29) is 0 Å². The molecule has 1 aromatic heterocycles. The van der Waals surface area contributed by atoms with E-state index in [1.807, 2.05) is 55.5 Å². The molecule has 0 radical (unpaired) electrons. The first-order valence-electron chi connectivity index (χ1n) is 7.00. The molecule has 0 unspecified atom stereocenters. The highest BCUT2D eigenvalue weighted by molar-refractivity contribution is 6.30. The van der Waals surface area contributed by atoms with E-state index in [0.29, 0.717) is 28.2 Å². The maximum absolute atomic E-state index is 6.12. The third-order valence-electron chi connectivity index (χ3n) is 3.26. The molecule has 3 aromatic rings. The molecule has 23 heavy (non-hydrogen) atoms. The third kappa shape index (κ3) is 3.52. The van der Waals surface area contributed by atoms with Crippen LogP contribution in [0.2, 0.25) is 5.02 Å². The Labute approximate surface area is 139 Å². The van der Waals surface area contributed by atoms with Crippen LogP contribution in [0.15, 0.2) is 54.9 Å². The second-order valence-electron chi connectivity index (χ2n) is 4.94. The fraction of sp³-hybridized carbons (Fsp3) is 0.0588. The number of anilines is 3. The number of aryl methyl sites for hydroxylation is 1. The number of hydrogen-bond acceptors (Lipinski definition) is 5. The molecule has 0 aliphatic heterocycles. The number of rotatable bonds is 4. The number of nitrogens with zero attached hydrogens (tertiary/aromatic N) is 2. The number of benzene rings is 2. The summed E-state index contributed by atoms with van der Waals surface area (Å²) in [7, 11) is 0. The van der Waals surface area contributed by atoms with Crippen LogP contribution in [0.5, 0.6) is 11.6 Å². The van der Waals surface area contributed by atoms with Gasteiger partial charge in [-0.05, 0) is 36.8 Å². The molecular formula is C17H15ClN4O. The lowest BCUT2D eigenvalue weighted by Gasteiger charge is -2.13. The molecule has 0 saturated carbocycles. The Morgan fingerprint density at radius 1 is 1.09 bits per heavy atom. The summed E-state index contributed by atoms with van der Waals surface area (Å²) in [5.74, 6) is 1.42. The van der Waals surface area contributed by atoms with Crippen LogP contribution in [0, 0.1) is 6.92 Å². The minimum absolute atomic E-state index is 0.299. The first kappa shape index (κ1) is 15.1. The Kier molecular flexibility index (Phi) is 4.30. The van der Waals surface area contributed by atoms with E-state index in [1.54, 1.807) is 0 Å². The van der Waals surface area contributed by atoms with Gasteiger partial charge in [0, 0.05) is 10.7 Å². The first-order valence-corrected chi connectivity index (χ1v) is 7.38. The molecule has 3 N–H and O–H groups in total. The van der Waals surface area contributed by atoms with Gasteiger partial charge in [-0.3, -0.25) is 0 Å². The normalized spacial score (nSPS) is 10.3. The van der Waals surface area contributed by atoms with Gasteiger partial charge in [-0.2, -0.15) is 4.98 Å². The number of hydrogen-bond donors (Lipinski definition) is 2. The summed E-state index contributed by atoms with van der Waals surface area (Å²) in [6, 6.07) is 14.9. The van der Waals surface area contributed by atoms with Crippen LogP contribution < -0.4 is 15.8 Å². The Morgan fingerprint density at radius 3 is 2.65 bits per heavy atom. The lowest BCUT2D eigenvalue weighted by atomic mass is 10.2. The third-order valence-corrected chi connectivity index (χ3v) is 3.49. The molecule has 0 saturated heterocycles. The van der Waals surface area contributed by atoms with Crippen molar-refractivity contribution in [2.45, 2.75) is 6.92 Å². The van der Waals surface area contributed by atoms with E-state index in [2.05, 4.69) is 15.3 Å². The van der Waals surface area contributed by atoms with E-state index in [0.717, 1.165) is 11.3 Å². The van der Waals surface area contributed by atoms with E-state index >= 15 is 0 Å². The number of nitrogens with one attached hydrogen (secondary N) is 1. The molecule has 0 spiro atoms. The van der Waals surface area contributed by atoms with Gasteiger partial charge in [0.2, 0.25) is 5.88 Å². The van der Waals surface area contributed by atoms with Crippen molar-refractivity contribution in [3.8, 4) is 11.6 Å². The van der Waals surface area contributed by atoms with Crippen LogP contribution in [-0.4, -0.2) is 9.97 Å². The standard InChI is InChI=1S/C17H15ClN4O/c1-11-7-8-12(18)9-14(11)22-16-15(19)17(21-10-20-16)23-13-5-3-2-4-6-13/h2-10H,19H2,1H3,(H,20,21,22). The molecule has 0 bridgehead atoms. The Balaban J connectivity index is 1.89. The van der Waals surface area contributed by atoms with Crippen LogP contribution in [-0.2, 0) is 0 Å². The van der Waals surface area contributed by atoms with Gasteiger partial charge < -0.3 is 15.8 Å². The minimum Gasteiger partial charge on any atom is -0.437 e. The zero-order chi connectivity index (χ0) is 16.2. The molecule has 1 heterocycles. The molecule has 0 atom stereocenters. The second kappa shape index (κ2) is 6.54. The monoisotopic (exact) mass is 326 g/mol. The minimum atomic E-state index is 0.299.